The Morgan fingerprint density at radius 1 is 0.784 bits per heavy atom. The molecule has 7 heteroatoms. The Labute approximate surface area is 233 Å². The van der Waals surface area contributed by atoms with E-state index in [1.54, 1.807) is 0 Å². The molecule has 0 saturated carbocycles. The van der Waals surface area contributed by atoms with Crippen molar-refractivity contribution in [2.24, 2.45) is 0 Å². The van der Waals surface area contributed by atoms with Gasteiger partial charge in [-0.25, -0.2) is 0 Å². The van der Waals surface area contributed by atoms with Crippen LogP contribution in [0, 0.1) is 0 Å². The standard InChI is InChI=1S/C30H41B5N2/c1-4-5-6-7-8-9-10-11-12-13-14-15-16-17-18-19-22(2)37(3)21-20-23-24-25(31)26(32)27(33)28(34)29(24)36-30(23)35/h8-9,11-12,36H,2,4-7,10,13-21H2,1,3H3/b9-8-,12-11-. The van der Waals surface area contributed by atoms with Crippen LogP contribution in [0.3, 0.4) is 0 Å². The monoisotopic (exact) mass is 484 g/mol. The second kappa shape index (κ2) is 16.8. The average Bonchev–Trinajstić information content (AvgIpc) is 3.22. The molecule has 0 aliphatic heterocycles. The van der Waals surface area contributed by atoms with Crippen molar-refractivity contribution in [1.29, 1.82) is 0 Å². The minimum absolute atomic E-state index is 0.292. The number of likely N-dealkylation sites (N-methyl/N-ethyl adjacent to an activating group) is 1. The maximum atomic E-state index is 6.26. The maximum Gasteiger partial charge on any atom is 0.138 e. The summed E-state index contributed by atoms with van der Waals surface area (Å²) in [6, 6.07) is 0. The van der Waals surface area contributed by atoms with Gasteiger partial charge >= 0.3 is 0 Å². The zero-order valence-electron chi connectivity index (χ0n) is 23.2. The van der Waals surface area contributed by atoms with Crippen molar-refractivity contribution in [2.45, 2.75) is 90.4 Å². The summed E-state index contributed by atoms with van der Waals surface area (Å²) in [5, 5.41) is 0.773. The molecule has 0 aliphatic rings. The van der Waals surface area contributed by atoms with Crippen molar-refractivity contribution < 1.29 is 0 Å². The zero-order valence-corrected chi connectivity index (χ0v) is 23.2. The van der Waals surface area contributed by atoms with Gasteiger partial charge in [0.2, 0.25) is 0 Å². The van der Waals surface area contributed by atoms with E-state index in [4.69, 9.17) is 39.2 Å². The number of fused-ring (bicyclic) bond motifs is 1. The van der Waals surface area contributed by atoms with E-state index in [1.165, 1.54) is 57.8 Å². The number of nitrogens with one attached hydrogen (secondary N) is 1. The lowest BCUT2D eigenvalue weighted by Gasteiger charge is -2.22. The number of H-pyrrole nitrogens is 1. The largest absolute Gasteiger partial charge is 0.378 e. The predicted octanol–water partition coefficient (Wildman–Crippen LogP) is 2.94. The third-order valence-electron chi connectivity index (χ3n) is 7.20. The lowest BCUT2D eigenvalue weighted by Crippen LogP contribution is -2.47. The summed E-state index contributed by atoms with van der Waals surface area (Å²) in [5.74, 6) is 0. The first-order chi connectivity index (χ1) is 17.8. The topological polar surface area (TPSA) is 19.0 Å². The van der Waals surface area contributed by atoms with Crippen LogP contribution in [0.5, 0.6) is 0 Å². The highest BCUT2D eigenvalue weighted by molar-refractivity contribution is 6.66. The third-order valence-corrected chi connectivity index (χ3v) is 7.20. The fourth-order valence-corrected chi connectivity index (χ4v) is 4.65. The van der Waals surface area contributed by atoms with Gasteiger partial charge in [-0.05, 0) is 67.9 Å². The highest BCUT2D eigenvalue weighted by Gasteiger charge is 2.15. The van der Waals surface area contributed by atoms with Gasteiger partial charge in [0.05, 0.1) is 0 Å². The summed E-state index contributed by atoms with van der Waals surface area (Å²) >= 11 is 0. The number of rotatable bonds is 18. The SMILES string of the molecule is [B]c1[nH]c2c([B])c([B])c([B])c([B])c2c1CCN(C)C(=C)CCCCCCC/C=C\C/C=C\CCCCC. The number of unbranched alkanes of at least 4 members (excludes halogenated alkanes) is 8. The Kier molecular flexibility index (Phi) is 14.3. The lowest BCUT2D eigenvalue weighted by atomic mass is 9.65. The number of aromatic nitrogens is 1. The quantitative estimate of drug-likeness (QED) is 0.196. The van der Waals surface area contributed by atoms with E-state index >= 15 is 0 Å². The first-order valence-electron chi connectivity index (χ1n) is 14.0. The van der Waals surface area contributed by atoms with Gasteiger partial charge in [-0.15, -0.1) is 10.9 Å². The summed E-state index contributed by atoms with van der Waals surface area (Å²) < 4.78 is 0. The van der Waals surface area contributed by atoms with Crippen molar-refractivity contribution in [3.05, 3.63) is 42.1 Å². The summed E-state index contributed by atoms with van der Waals surface area (Å²) in [6.07, 6.45) is 24.6. The Hall–Kier alpha value is -1.90. The number of aromatic amines is 1. The van der Waals surface area contributed by atoms with Gasteiger partial charge in [0, 0.05) is 24.8 Å². The number of nitrogens with zero attached hydrogens (tertiary/aromatic N) is 1. The van der Waals surface area contributed by atoms with Crippen LogP contribution in [0.1, 0.15) is 89.5 Å². The number of allylic oxidation sites excluding steroid dienone is 5. The minimum atomic E-state index is 0.292. The van der Waals surface area contributed by atoms with Gasteiger partial charge < -0.3 is 9.88 Å². The van der Waals surface area contributed by atoms with Crippen molar-refractivity contribution >= 4 is 77.6 Å². The molecule has 186 valence electrons. The van der Waals surface area contributed by atoms with Gasteiger partial charge in [-0.2, -0.15) is 0 Å². The Morgan fingerprint density at radius 2 is 1.38 bits per heavy atom. The minimum Gasteiger partial charge on any atom is -0.378 e. The molecule has 37 heavy (non-hydrogen) atoms. The molecule has 2 aromatic rings. The molecule has 0 amide bonds. The number of hydrogen-bond donors (Lipinski definition) is 1. The Morgan fingerprint density at radius 3 is 2.05 bits per heavy atom. The van der Waals surface area contributed by atoms with Gasteiger partial charge in [-0.1, -0.05) is 80.8 Å². The molecule has 2 rings (SSSR count). The summed E-state index contributed by atoms with van der Waals surface area (Å²) in [4.78, 5) is 5.33. The van der Waals surface area contributed by atoms with E-state index in [2.05, 4.69) is 54.7 Å². The van der Waals surface area contributed by atoms with Gasteiger partial charge in [0.25, 0.3) is 0 Å². The van der Waals surface area contributed by atoms with E-state index < -0.39 is 0 Å². The zero-order chi connectivity index (χ0) is 27.2. The molecule has 1 aromatic carbocycles. The smallest absolute Gasteiger partial charge is 0.138 e. The highest BCUT2D eigenvalue weighted by atomic mass is 15.1. The lowest BCUT2D eigenvalue weighted by molar-refractivity contribution is 0.401. The Balaban J connectivity index is 1.63. The van der Waals surface area contributed by atoms with Gasteiger partial charge in [-0.3, -0.25) is 0 Å². The fraction of sp³-hybridized carbons (Fsp3) is 0.533. The number of benzene rings is 1. The summed E-state index contributed by atoms with van der Waals surface area (Å²) in [6.45, 7) is 7.32. The molecular weight excluding hydrogens is 442 g/mol. The second-order valence-electron chi connectivity index (χ2n) is 10.1. The third kappa shape index (κ3) is 9.73. The van der Waals surface area contributed by atoms with E-state index in [9.17, 15) is 0 Å². The van der Waals surface area contributed by atoms with Crippen molar-refractivity contribution in [2.75, 3.05) is 13.6 Å². The molecule has 2 nitrogen and oxygen atoms in total. The highest BCUT2D eigenvalue weighted by Crippen LogP contribution is 2.16. The molecule has 1 heterocycles. The van der Waals surface area contributed by atoms with Crippen LogP contribution in [-0.2, 0) is 6.42 Å². The molecule has 0 aliphatic carbocycles. The van der Waals surface area contributed by atoms with Crippen LogP contribution in [0.15, 0.2) is 36.6 Å². The molecular formula is C30H41B5N2. The van der Waals surface area contributed by atoms with Crippen molar-refractivity contribution in [3.8, 4) is 0 Å². The van der Waals surface area contributed by atoms with E-state index in [0.29, 0.717) is 39.4 Å². The summed E-state index contributed by atoms with van der Waals surface area (Å²) in [5.41, 5.74) is 4.68. The van der Waals surface area contributed by atoms with E-state index in [-0.39, 0.29) is 0 Å². The van der Waals surface area contributed by atoms with Crippen LogP contribution < -0.4 is 27.4 Å². The summed E-state index contributed by atoms with van der Waals surface area (Å²) in [7, 11) is 32.8. The molecule has 10 radical (unpaired) electrons. The predicted molar refractivity (Wildman–Crippen MR) is 170 cm³/mol. The molecule has 0 saturated heterocycles. The van der Waals surface area contributed by atoms with Crippen LogP contribution >= 0.6 is 0 Å². The molecule has 0 bridgehead atoms. The normalized spacial score (nSPS) is 11.8. The first-order valence-corrected chi connectivity index (χ1v) is 14.0. The van der Waals surface area contributed by atoms with Gasteiger partial charge in [0.1, 0.15) is 39.2 Å². The van der Waals surface area contributed by atoms with Crippen molar-refractivity contribution in [1.82, 2.24) is 9.88 Å². The molecule has 0 atom stereocenters. The maximum absolute atomic E-state index is 6.26. The van der Waals surface area contributed by atoms with E-state index in [0.717, 1.165) is 42.5 Å². The van der Waals surface area contributed by atoms with E-state index in [1.807, 2.05) is 0 Å². The van der Waals surface area contributed by atoms with Gasteiger partial charge in [0.15, 0.2) is 0 Å². The molecule has 0 spiro atoms. The van der Waals surface area contributed by atoms with Crippen molar-refractivity contribution in [3.63, 3.8) is 0 Å². The Bertz CT molecular complexity index is 1050. The average molecular weight is 484 g/mol. The fourth-order valence-electron chi connectivity index (χ4n) is 4.65. The number of hydrogen-bond acceptors (Lipinski definition) is 1. The molecule has 0 unspecified atom stereocenters. The second-order valence-corrected chi connectivity index (χ2v) is 10.1. The van der Waals surface area contributed by atoms with Crippen LogP contribution in [0.2, 0.25) is 0 Å². The van der Waals surface area contributed by atoms with Crippen LogP contribution in [-0.4, -0.2) is 62.7 Å². The first kappa shape index (κ1) is 31.3. The van der Waals surface area contributed by atoms with Crippen LogP contribution in [0.25, 0.3) is 10.9 Å². The molecule has 1 aromatic heterocycles. The van der Waals surface area contributed by atoms with Crippen LogP contribution in [0.4, 0.5) is 0 Å². The molecule has 0 fully saturated rings. The molecule has 1 N–H and O–H groups in total.